The van der Waals surface area contributed by atoms with Crippen molar-refractivity contribution in [1.82, 2.24) is 9.78 Å². The van der Waals surface area contributed by atoms with Crippen molar-refractivity contribution in [3.8, 4) is 0 Å². The molecule has 0 amide bonds. The first-order valence-electron chi connectivity index (χ1n) is 7.88. The number of aromatic nitrogens is 2. The summed E-state index contributed by atoms with van der Waals surface area (Å²) in [4.78, 5) is 0. The maximum Gasteiger partial charge on any atom is 0.211 e. The van der Waals surface area contributed by atoms with Gasteiger partial charge in [0, 0.05) is 22.2 Å². The van der Waals surface area contributed by atoms with Crippen LogP contribution in [0, 0.1) is 0 Å². The van der Waals surface area contributed by atoms with Gasteiger partial charge in [-0.15, -0.1) is 0 Å². The number of hydrogen-bond donors (Lipinski definition) is 2. The Balaban J connectivity index is 2.07. The number of aliphatic hydroxyl groups is 1. The van der Waals surface area contributed by atoms with Gasteiger partial charge in [0.25, 0.3) is 0 Å². The van der Waals surface area contributed by atoms with E-state index in [2.05, 4.69) is 21.0 Å². The van der Waals surface area contributed by atoms with E-state index in [-0.39, 0.29) is 0 Å². The third kappa shape index (κ3) is 2.52. The van der Waals surface area contributed by atoms with Crippen molar-refractivity contribution < 1.29 is 5.11 Å². The van der Waals surface area contributed by atoms with Gasteiger partial charge in [-0.2, -0.15) is 5.10 Å². The second-order valence-electron chi connectivity index (χ2n) is 5.88. The highest BCUT2D eigenvalue weighted by Gasteiger charge is 2.36. The third-order valence-corrected chi connectivity index (χ3v) is 4.90. The summed E-state index contributed by atoms with van der Waals surface area (Å²) in [6, 6.07) is 24.6. The summed E-state index contributed by atoms with van der Waals surface area (Å²) >= 11 is 3.49. The van der Waals surface area contributed by atoms with Crippen LogP contribution >= 0.6 is 15.9 Å². The van der Waals surface area contributed by atoms with Gasteiger partial charge in [0.15, 0.2) is 0 Å². The number of halogens is 1. The Bertz CT molecular complexity index is 989. The number of nitrogens with zero attached hydrogens (tertiary/aromatic N) is 2. The summed E-state index contributed by atoms with van der Waals surface area (Å²) in [6.07, 6.45) is 0. The SMILES string of the molecule is Nc1ccc2c(c1)c(Br)nn2C(O)(c1ccccc1)c1ccccc1. The molecule has 1 heterocycles. The first-order chi connectivity index (χ1) is 12.1. The molecule has 0 unspecified atom stereocenters. The van der Waals surface area contributed by atoms with Gasteiger partial charge >= 0.3 is 0 Å². The lowest BCUT2D eigenvalue weighted by molar-refractivity contribution is 0.0401. The summed E-state index contributed by atoms with van der Waals surface area (Å²) in [5.41, 5.74) is 7.37. The minimum absolute atomic E-state index is 0.639. The lowest BCUT2D eigenvalue weighted by atomic mass is 9.94. The topological polar surface area (TPSA) is 64.1 Å². The lowest BCUT2D eigenvalue weighted by Crippen LogP contribution is -2.37. The number of nitrogen functional groups attached to an aromatic ring is 1. The molecule has 25 heavy (non-hydrogen) atoms. The Hall–Kier alpha value is -2.63. The number of fused-ring (bicyclic) bond motifs is 1. The minimum atomic E-state index is -1.44. The molecule has 4 aromatic rings. The van der Waals surface area contributed by atoms with Crippen LogP contribution in [0.2, 0.25) is 0 Å². The van der Waals surface area contributed by atoms with Crippen molar-refractivity contribution in [3.05, 3.63) is 94.6 Å². The van der Waals surface area contributed by atoms with Crippen molar-refractivity contribution in [2.75, 3.05) is 5.73 Å². The Morgan fingerprint density at radius 2 is 1.44 bits per heavy atom. The van der Waals surface area contributed by atoms with Gasteiger partial charge in [-0.05, 0) is 34.1 Å². The van der Waals surface area contributed by atoms with E-state index in [1.807, 2.05) is 78.9 Å². The van der Waals surface area contributed by atoms with E-state index in [0.717, 1.165) is 22.0 Å². The first kappa shape index (κ1) is 15.9. The van der Waals surface area contributed by atoms with Crippen LogP contribution in [0.3, 0.4) is 0 Å². The Kier molecular flexibility index (Phi) is 3.82. The number of nitrogens with two attached hydrogens (primary N) is 1. The van der Waals surface area contributed by atoms with E-state index in [9.17, 15) is 5.11 Å². The summed E-state index contributed by atoms with van der Waals surface area (Å²) < 4.78 is 2.27. The number of benzene rings is 3. The smallest absolute Gasteiger partial charge is 0.211 e. The molecule has 124 valence electrons. The molecule has 0 atom stereocenters. The van der Waals surface area contributed by atoms with E-state index in [0.29, 0.717) is 10.3 Å². The van der Waals surface area contributed by atoms with Crippen LogP contribution in [0.5, 0.6) is 0 Å². The van der Waals surface area contributed by atoms with Crippen LogP contribution in [0.25, 0.3) is 10.9 Å². The zero-order valence-electron chi connectivity index (χ0n) is 13.3. The van der Waals surface area contributed by atoms with Crippen molar-refractivity contribution >= 4 is 32.5 Å². The molecule has 0 saturated heterocycles. The fourth-order valence-electron chi connectivity index (χ4n) is 3.10. The second kappa shape index (κ2) is 6.02. The molecule has 0 spiro atoms. The van der Waals surface area contributed by atoms with Crippen LogP contribution in [0.1, 0.15) is 11.1 Å². The van der Waals surface area contributed by atoms with Gasteiger partial charge in [0.05, 0.1) is 5.52 Å². The minimum Gasteiger partial charge on any atom is -0.399 e. The fourth-order valence-corrected chi connectivity index (χ4v) is 3.57. The van der Waals surface area contributed by atoms with Gasteiger partial charge < -0.3 is 10.8 Å². The average molecular weight is 394 g/mol. The molecule has 3 N–H and O–H groups in total. The molecule has 0 radical (unpaired) electrons. The van der Waals surface area contributed by atoms with E-state index >= 15 is 0 Å². The highest BCUT2D eigenvalue weighted by atomic mass is 79.9. The normalized spacial score (nSPS) is 11.8. The van der Waals surface area contributed by atoms with Crippen LogP contribution in [-0.4, -0.2) is 14.9 Å². The standard InChI is InChI=1S/C20H16BrN3O/c21-19-17-13-16(22)11-12-18(17)24(23-19)20(25,14-7-3-1-4-8-14)15-9-5-2-6-10-15/h1-13,25H,22H2. The average Bonchev–Trinajstić information content (AvgIpc) is 2.99. The molecule has 0 saturated carbocycles. The molecular weight excluding hydrogens is 378 g/mol. The molecule has 0 aliphatic carbocycles. The highest BCUT2D eigenvalue weighted by Crippen LogP contribution is 2.36. The first-order valence-corrected chi connectivity index (χ1v) is 8.67. The molecule has 0 aliphatic heterocycles. The quantitative estimate of drug-likeness (QED) is 0.514. The summed E-state index contributed by atoms with van der Waals surface area (Å²) in [5, 5.41) is 17.3. The molecular formula is C20H16BrN3O. The molecule has 0 fully saturated rings. The largest absolute Gasteiger partial charge is 0.399 e. The lowest BCUT2D eigenvalue weighted by Gasteiger charge is -2.30. The molecule has 4 rings (SSSR count). The van der Waals surface area contributed by atoms with Crippen LogP contribution in [-0.2, 0) is 5.72 Å². The highest BCUT2D eigenvalue weighted by molar-refractivity contribution is 9.10. The molecule has 5 heteroatoms. The van der Waals surface area contributed by atoms with Gasteiger partial charge in [-0.25, -0.2) is 4.68 Å². The monoisotopic (exact) mass is 393 g/mol. The number of rotatable bonds is 3. The summed E-state index contributed by atoms with van der Waals surface area (Å²) in [7, 11) is 0. The van der Waals surface area contributed by atoms with E-state index in [1.165, 1.54) is 0 Å². The van der Waals surface area contributed by atoms with Crippen molar-refractivity contribution in [2.45, 2.75) is 5.72 Å². The maximum absolute atomic E-state index is 11.9. The number of hydrogen-bond acceptors (Lipinski definition) is 3. The molecule has 0 aliphatic rings. The molecule has 3 aromatic carbocycles. The summed E-state index contributed by atoms with van der Waals surface area (Å²) in [6.45, 7) is 0. The van der Waals surface area contributed by atoms with E-state index in [4.69, 9.17) is 5.73 Å². The van der Waals surface area contributed by atoms with Gasteiger partial charge in [-0.1, -0.05) is 60.7 Å². The van der Waals surface area contributed by atoms with Crippen LogP contribution in [0.15, 0.2) is 83.5 Å². The summed E-state index contributed by atoms with van der Waals surface area (Å²) in [5.74, 6) is 0. The Morgan fingerprint density at radius 3 is 2.00 bits per heavy atom. The van der Waals surface area contributed by atoms with Gasteiger partial charge in [0.2, 0.25) is 5.72 Å². The Labute approximate surface area is 153 Å². The molecule has 0 bridgehead atoms. The molecule has 1 aromatic heterocycles. The van der Waals surface area contributed by atoms with E-state index in [1.54, 1.807) is 4.68 Å². The van der Waals surface area contributed by atoms with Crippen LogP contribution < -0.4 is 5.73 Å². The molecule has 4 nitrogen and oxygen atoms in total. The second-order valence-corrected chi connectivity index (χ2v) is 6.63. The van der Waals surface area contributed by atoms with Gasteiger partial charge in [-0.3, -0.25) is 0 Å². The van der Waals surface area contributed by atoms with E-state index < -0.39 is 5.72 Å². The predicted octanol–water partition coefficient (Wildman–Crippen LogP) is 4.12. The maximum atomic E-state index is 11.9. The zero-order chi connectivity index (χ0) is 17.4. The number of anilines is 1. The fraction of sp³-hybridized carbons (Fsp3) is 0.0500. The van der Waals surface area contributed by atoms with Crippen molar-refractivity contribution in [1.29, 1.82) is 0 Å². The third-order valence-electron chi connectivity index (χ3n) is 4.32. The predicted molar refractivity (Wildman–Crippen MR) is 103 cm³/mol. The Morgan fingerprint density at radius 1 is 0.880 bits per heavy atom. The van der Waals surface area contributed by atoms with Crippen LogP contribution in [0.4, 0.5) is 5.69 Å². The van der Waals surface area contributed by atoms with Crippen molar-refractivity contribution in [3.63, 3.8) is 0 Å². The van der Waals surface area contributed by atoms with Gasteiger partial charge in [0.1, 0.15) is 4.60 Å². The zero-order valence-corrected chi connectivity index (χ0v) is 14.9. The van der Waals surface area contributed by atoms with Crippen molar-refractivity contribution in [2.24, 2.45) is 0 Å².